The van der Waals surface area contributed by atoms with E-state index >= 15 is 0 Å². The van der Waals surface area contributed by atoms with E-state index < -0.39 is 0 Å². The van der Waals surface area contributed by atoms with Gasteiger partial charge in [0.2, 0.25) is 5.28 Å². The summed E-state index contributed by atoms with van der Waals surface area (Å²) in [5.41, 5.74) is 1.58. The lowest BCUT2D eigenvalue weighted by Crippen LogP contribution is -2.26. The van der Waals surface area contributed by atoms with Crippen LogP contribution in [0, 0.1) is 0 Å². The summed E-state index contributed by atoms with van der Waals surface area (Å²) in [5.74, 6) is 0.832. The first-order chi connectivity index (χ1) is 11.2. The largest absolute Gasteiger partial charge is 0.358 e. The van der Waals surface area contributed by atoms with E-state index in [1.54, 1.807) is 0 Å². The maximum atomic E-state index is 6.21. The predicted octanol–water partition coefficient (Wildman–Crippen LogP) is 3.81. The van der Waals surface area contributed by atoms with Crippen LogP contribution in [-0.2, 0) is 4.74 Å². The Balaban J connectivity index is 2.03. The smallest absolute Gasteiger partial charge is 0.226 e. The number of imidazole rings is 1. The third-order valence-electron chi connectivity index (χ3n) is 4.13. The molecule has 0 spiro atoms. The van der Waals surface area contributed by atoms with Crippen LogP contribution in [0.25, 0.3) is 11.2 Å². The second-order valence-corrected chi connectivity index (χ2v) is 6.29. The van der Waals surface area contributed by atoms with Gasteiger partial charge in [-0.3, -0.25) is 4.57 Å². The molecule has 2 aromatic rings. The van der Waals surface area contributed by atoms with E-state index in [4.69, 9.17) is 16.3 Å². The van der Waals surface area contributed by atoms with Gasteiger partial charge in [-0.1, -0.05) is 13.8 Å². The molecule has 0 aliphatic carbocycles. The van der Waals surface area contributed by atoms with Gasteiger partial charge in [0.05, 0.1) is 6.33 Å². The molecular formula is C16H24ClN5O. The summed E-state index contributed by atoms with van der Waals surface area (Å²) in [6, 6.07) is 0. The minimum absolute atomic E-state index is 0.00151. The van der Waals surface area contributed by atoms with Crippen LogP contribution >= 0.6 is 11.6 Å². The number of halogens is 1. The van der Waals surface area contributed by atoms with E-state index in [1.165, 1.54) is 0 Å². The molecule has 0 radical (unpaired) electrons. The van der Waals surface area contributed by atoms with Crippen molar-refractivity contribution in [3.8, 4) is 0 Å². The average Bonchev–Trinajstić information content (AvgIpc) is 2.98. The topological polar surface area (TPSA) is 56.1 Å². The third kappa shape index (κ3) is 3.43. The van der Waals surface area contributed by atoms with E-state index in [1.807, 2.05) is 10.9 Å². The maximum absolute atomic E-state index is 6.21. The standard InChI is InChI=1S/C16H24ClN5O/c1-3-8-21(9-4-2)14-13-15(20-16(17)19-14)22(11-18-13)12-7-5-6-10-23-12/h11-12H,3-10H2,1-2H3. The lowest BCUT2D eigenvalue weighted by Gasteiger charge is -2.25. The molecular weight excluding hydrogens is 314 g/mol. The molecule has 2 aromatic heterocycles. The molecule has 6 nitrogen and oxygen atoms in total. The van der Waals surface area contributed by atoms with Gasteiger partial charge in [-0.25, -0.2) is 4.98 Å². The Morgan fingerprint density at radius 2 is 2.04 bits per heavy atom. The van der Waals surface area contributed by atoms with Crippen LogP contribution in [0.15, 0.2) is 6.33 Å². The zero-order chi connectivity index (χ0) is 16.2. The van der Waals surface area contributed by atoms with Crippen LogP contribution in [0.5, 0.6) is 0 Å². The summed E-state index contributed by atoms with van der Waals surface area (Å²) < 4.78 is 7.87. The number of anilines is 1. The molecule has 1 fully saturated rings. The number of hydrogen-bond acceptors (Lipinski definition) is 5. The minimum atomic E-state index is -0.00151. The molecule has 7 heteroatoms. The predicted molar refractivity (Wildman–Crippen MR) is 92.0 cm³/mol. The lowest BCUT2D eigenvalue weighted by atomic mass is 10.2. The highest BCUT2D eigenvalue weighted by Crippen LogP contribution is 2.30. The van der Waals surface area contributed by atoms with Crippen LogP contribution < -0.4 is 4.90 Å². The molecule has 23 heavy (non-hydrogen) atoms. The van der Waals surface area contributed by atoms with Gasteiger partial charge in [0, 0.05) is 19.7 Å². The number of ether oxygens (including phenoxy) is 1. The van der Waals surface area contributed by atoms with Crippen molar-refractivity contribution in [3.05, 3.63) is 11.6 Å². The Kier molecular flexibility index (Phi) is 5.33. The van der Waals surface area contributed by atoms with Crippen molar-refractivity contribution < 1.29 is 4.74 Å². The quantitative estimate of drug-likeness (QED) is 0.750. The van der Waals surface area contributed by atoms with Crippen molar-refractivity contribution in [2.45, 2.75) is 52.2 Å². The zero-order valence-electron chi connectivity index (χ0n) is 13.8. The fourth-order valence-electron chi connectivity index (χ4n) is 3.11. The molecule has 1 unspecified atom stereocenters. The van der Waals surface area contributed by atoms with Gasteiger partial charge in [0.1, 0.15) is 6.23 Å². The number of rotatable bonds is 6. The number of hydrogen-bond donors (Lipinski definition) is 0. The van der Waals surface area contributed by atoms with Crippen molar-refractivity contribution in [2.24, 2.45) is 0 Å². The van der Waals surface area contributed by atoms with Crippen molar-refractivity contribution in [3.63, 3.8) is 0 Å². The van der Waals surface area contributed by atoms with Crippen molar-refractivity contribution >= 4 is 28.6 Å². The molecule has 0 bridgehead atoms. The molecule has 0 saturated carbocycles. The molecule has 0 N–H and O–H groups in total. The Labute approximate surface area is 141 Å². The van der Waals surface area contributed by atoms with Gasteiger partial charge in [-0.05, 0) is 43.7 Å². The van der Waals surface area contributed by atoms with Crippen molar-refractivity contribution in [1.29, 1.82) is 0 Å². The minimum Gasteiger partial charge on any atom is -0.358 e. The fraction of sp³-hybridized carbons (Fsp3) is 0.688. The summed E-state index contributed by atoms with van der Waals surface area (Å²) in [7, 11) is 0. The molecule has 1 atom stereocenters. The van der Waals surface area contributed by atoms with Crippen LogP contribution in [0.3, 0.4) is 0 Å². The van der Waals surface area contributed by atoms with Gasteiger partial charge in [-0.15, -0.1) is 0 Å². The molecule has 0 aromatic carbocycles. The van der Waals surface area contributed by atoms with Crippen LogP contribution in [0.1, 0.15) is 52.2 Å². The average molecular weight is 338 g/mol. The Bertz CT molecular complexity index is 647. The lowest BCUT2D eigenvalue weighted by molar-refractivity contribution is -0.0298. The van der Waals surface area contributed by atoms with Gasteiger partial charge >= 0.3 is 0 Å². The summed E-state index contributed by atoms with van der Waals surface area (Å²) in [6.45, 7) is 6.98. The van der Waals surface area contributed by atoms with Crippen molar-refractivity contribution in [1.82, 2.24) is 19.5 Å². The Morgan fingerprint density at radius 3 is 2.70 bits per heavy atom. The fourth-order valence-corrected chi connectivity index (χ4v) is 3.27. The highest BCUT2D eigenvalue weighted by Gasteiger charge is 2.22. The zero-order valence-corrected chi connectivity index (χ0v) is 14.6. The highest BCUT2D eigenvalue weighted by atomic mass is 35.5. The van der Waals surface area contributed by atoms with E-state index in [0.29, 0.717) is 0 Å². The second-order valence-electron chi connectivity index (χ2n) is 5.95. The maximum Gasteiger partial charge on any atom is 0.226 e. The van der Waals surface area contributed by atoms with Gasteiger partial charge in [0.25, 0.3) is 0 Å². The van der Waals surface area contributed by atoms with E-state index in [0.717, 1.165) is 68.8 Å². The number of fused-ring (bicyclic) bond motifs is 1. The summed E-state index contributed by atoms with van der Waals surface area (Å²) in [6.07, 6.45) is 7.17. The monoisotopic (exact) mass is 337 g/mol. The van der Waals surface area contributed by atoms with E-state index in [-0.39, 0.29) is 11.5 Å². The first kappa shape index (κ1) is 16.5. The Hall–Kier alpha value is -1.40. The van der Waals surface area contributed by atoms with Gasteiger partial charge in [0.15, 0.2) is 17.0 Å². The molecule has 1 aliphatic heterocycles. The highest BCUT2D eigenvalue weighted by molar-refractivity contribution is 6.28. The SMILES string of the molecule is CCCN(CCC)c1nc(Cl)nc2c1ncn2C1CCCCO1. The van der Waals surface area contributed by atoms with Crippen molar-refractivity contribution in [2.75, 3.05) is 24.6 Å². The van der Waals surface area contributed by atoms with E-state index in [9.17, 15) is 0 Å². The third-order valence-corrected chi connectivity index (χ3v) is 4.30. The van der Waals surface area contributed by atoms with Gasteiger partial charge < -0.3 is 9.64 Å². The molecule has 3 heterocycles. The molecule has 3 rings (SSSR count). The molecule has 1 aliphatic rings. The number of nitrogens with zero attached hydrogens (tertiary/aromatic N) is 5. The summed E-state index contributed by atoms with van der Waals surface area (Å²) in [5, 5.41) is 0.266. The first-order valence-corrected chi connectivity index (χ1v) is 8.89. The molecule has 1 saturated heterocycles. The molecule has 126 valence electrons. The van der Waals surface area contributed by atoms with Crippen LogP contribution in [0.4, 0.5) is 5.82 Å². The van der Waals surface area contributed by atoms with Gasteiger partial charge in [-0.2, -0.15) is 9.97 Å². The van der Waals surface area contributed by atoms with Crippen LogP contribution in [0.2, 0.25) is 5.28 Å². The first-order valence-electron chi connectivity index (χ1n) is 8.51. The Morgan fingerprint density at radius 1 is 1.26 bits per heavy atom. The molecule has 0 amide bonds. The number of aromatic nitrogens is 4. The van der Waals surface area contributed by atoms with E-state index in [2.05, 4.69) is 33.7 Å². The second kappa shape index (κ2) is 7.45. The normalized spacial score (nSPS) is 18.5. The summed E-state index contributed by atoms with van der Waals surface area (Å²) >= 11 is 6.21. The van der Waals surface area contributed by atoms with Crippen LogP contribution in [-0.4, -0.2) is 39.2 Å². The summed E-state index contributed by atoms with van der Waals surface area (Å²) in [4.78, 5) is 15.7.